The van der Waals surface area contributed by atoms with Gasteiger partial charge in [0.25, 0.3) is 0 Å². The Morgan fingerprint density at radius 3 is 2.16 bits per heavy atom. The van der Waals surface area contributed by atoms with Gasteiger partial charge < -0.3 is 15.6 Å². The maximum atomic E-state index is 4.70. The van der Waals surface area contributed by atoms with Crippen molar-refractivity contribution < 1.29 is 0 Å². The molecule has 1 saturated carbocycles. The minimum atomic E-state index is 0.815. The lowest BCUT2D eigenvalue weighted by atomic mass is 10.0. The van der Waals surface area contributed by atoms with Crippen molar-refractivity contribution in [3.63, 3.8) is 0 Å². The van der Waals surface area contributed by atoms with Crippen LogP contribution in [0.3, 0.4) is 0 Å². The first kappa shape index (κ1) is 26.0. The summed E-state index contributed by atoms with van der Waals surface area (Å²) in [6, 6.07) is 17.1. The van der Waals surface area contributed by atoms with E-state index >= 15 is 0 Å². The SMILES string of the molecule is C#C.C1CCCC1.C=CN.CCNCc1nc2ccc(Cc3ccccc3)cc2n1C. The van der Waals surface area contributed by atoms with E-state index in [9.17, 15) is 0 Å². The predicted octanol–water partition coefficient (Wildman–Crippen LogP) is 5.56. The predicted molar refractivity (Wildman–Crippen MR) is 135 cm³/mol. The summed E-state index contributed by atoms with van der Waals surface area (Å²) >= 11 is 0. The van der Waals surface area contributed by atoms with Crippen molar-refractivity contribution in [1.82, 2.24) is 14.9 Å². The molecule has 166 valence electrons. The van der Waals surface area contributed by atoms with Crippen molar-refractivity contribution in [2.75, 3.05) is 6.54 Å². The zero-order chi connectivity index (χ0) is 22.9. The second-order valence-corrected chi connectivity index (χ2v) is 7.36. The second-order valence-electron chi connectivity index (χ2n) is 7.36. The van der Waals surface area contributed by atoms with Gasteiger partial charge in [-0.05, 0) is 42.4 Å². The van der Waals surface area contributed by atoms with E-state index in [1.807, 2.05) is 0 Å². The van der Waals surface area contributed by atoms with Crippen LogP contribution in [0.15, 0.2) is 61.3 Å². The van der Waals surface area contributed by atoms with Gasteiger partial charge in [0.1, 0.15) is 5.82 Å². The van der Waals surface area contributed by atoms with Crippen LogP contribution in [-0.4, -0.2) is 16.1 Å². The summed E-state index contributed by atoms with van der Waals surface area (Å²) in [7, 11) is 2.09. The Kier molecular flexibility index (Phi) is 13.2. The Morgan fingerprint density at radius 2 is 1.61 bits per heavy atom. The second kappa shape index (κ2) is 15.8. The van der Waals surface area contributed by atoms with Crippen LogP contribution >= 0.6 is 0 Å². The fourth-order valence-electron chi connectivity index (χ4n) is 3.51. The number of hydrogen-bond acceptors (Lipinski definition) is 3. The summed E-state index contributed by atoms with van der Waals surface area (Å²) < 4.78 is 2.19. The number of nitrogens with two attached hydrogens (primary N) is 1. The highest BCUT2D eigenvalue weighted by Crippen LogP contribution is 2.19. The summed E-state index contributed by atoms with van der Waals surface area (Å²) in [4.78, 5) is 4.70. The van der Waals surface area contributed by atoms with Gasteiger partial charge in [0.05, 0.1) is 17.6 Å². The third-order valence-corrected chi connectivity index (χ3v) is 5.07. The fourth-order valence-corrected chi connectivity index (χ4v) is 3.51. The molecule has 0 unspecified atom stereocenters. The van der Waals surface area contributed by atoms with Crippen LogP contribution in [0.4, 0.5) is 0 Å². The zero-order valence-electron chi connectivity index (χ0n) is 19.2. The third-order valence-electron chi connectivity index (χ3n) is 5.07. The third kappa shape index (κ3) is 9.11. The highest BCUT2D eigenvalue weighted by molar-refractivity contribution is 5.77. The van der Waals surface area contributed by atoms with E-state index in [1.54, 1.807) is 0 Å². The number of terminal acetylenes is 1. The van der Waals surface area contributed by atoms with Gasteiger partial charge in [-0.2, -0.15) is 0 Å². The van der Waals surface area contributed by atoms with Crippen LogP contribution in [-0.2, 0) is 20.0 Å². The lowest BCUT2D eigenvalue weighted by Crippen LogP contribution is -2.15. The first-order chi connectivity index (χ1) is 15.2. The summed E-state index contributed by atoms with van der Waals surface area (Å²) in [5.74, 6) is 1.09. The first-order valence-corrected chi connectivity index (χ1v) is 11.0. The van der Waals surface area contributed by atoms with Gasteiger partial charge in [0, 0.05) is 7.05 Å². The van der Waals surface area contributed by atoms with Crippen LogP contribution in [0.25, 0.3) is 11.0 Å². The van der Waals surface area contributed by atoms with E-state index in [1.165, 1.54) is 54.9 Å². The molecule has 1 aromatic heterocycles. The van der Waals surface area contributed by atoms with E-state index in [4.69, 9.17) is 4.98 Å². The average molecular weight is 419 g/mol. The Labute approximate surface area is 188 Å². The normalized spacial score (nSPS) is 11.9. The van der Waals surface area contributed by atoms with Crippen LogP contribution in [0.5, 0.6) is 0 Å². The number of hydrogen-bond donors (Lipinski definition) is 2. The number of imidazole rings is 1. The molecule has 4 rings (SSSR count). The molecule has 0 saturated heterocycles. The molecule has 0 amide bonds. The number of fused-ring (bicyclic) bond motifs is 1. The van der Waals surface area contributed by atoms with E-state index in [0.717, 1.165) is 30.9 Å². The molecule has 1 heterocycles. The Bertz CT molecular complexity index is 882. The smallest absolute Gasteiger partial charge is 0.123 e. The molecule has 4 heteroatoms. The monoisotopic (exact) mass is 418 g/mol. The van der Waals surface area contributed by atoms with E-state index < -0.39 is 0 Å². The highest BCUT2D eigenvalue weighted by atomic mass is 15.1. The molecule has 31 heavy (non-hydrogen) atoms. The standard InChI is InChI=1S/C18H21N3.C5H10.C2H5N.C2H2/c1-3-19-13-18-20-16-10-9-15(12-17(16)21(18)2)11-14-7-5-4-6-8-14;1-2-4-5-3-1;1-2-3;1-2/h4-10,12,19H,3,11,13H2,1-2H3;1-5H2;2H,1,3H2;1-2H. The van der Waals surface area contributed by atoms with Crippen molar-refractivity contribution >= 4 is 11.0 Å². The highest BCUT2D eigenvalue weighted by Gasteiger charge is 2.08. The lowest BCUT2D eigenvalue weighted by Gasteiger charge is -2.04. The Balaban J connectivity index is 0.000000403. The fraction of sp³-hybridized carbons (Fsp3) is 0.370. The molecule has 1 fully saturated rings. The number of aromatic nitrogens is 2. The van der Waals surface area contributed by atoms with Crippen LogP contribution < -0.4 is 11.1 Å². The van der Waals surface area contributed by atoms with E-state index in [-0.39, 0.29) is 0 Å². The number of nitrogens with zero attached hydrogens (tertiary/aromatic N) is 2. The molecule has 1 aliphatic carbocycles. The van der Waals surface area contributed by atoms with Gasteiger partial charge >= 0.3 is 0 Å². The summed E-state index contributed by atoms with van der Waals surface area (Å²) in [5.41, 5.74) is 9.55. The largest absolute Gasteiger partial charge is 0.405 e. The van der Waals surface area contributed by atoms with E-state index in [0.29, 0.717) is 0 Å². The van der Waals surface area contributed by atoms with Crippen molar-refractivity contribution in [2.45, 2.75) is 52.0 Å². The average Bonchev–Trinajstić information content (AvgIpc) is 3.48. The topological polar surface area (TPSA) is 55.9 Å². The number of nitrogens with one attached hydrogen (secondary N) is 1. The molecule has 4 nitrogen and oxygen atoms in total. The van der Waals surface area contributed by atoms with Crippen LogP contribution in [0.2, 0.25) is 0 Å². The molecule has 3 aromatic rings. The van der Waals surface area contributed by atoms with Gasteiger partial charge in [-0.15, -0.1) is 12.8 Å². The molecular formula is C27H38N4. The van der Waals surface area contributed by atoms with Crippen molar-refractivity contribution in [3.05, 3.63) is 78.3 Å². The molecule has 1 aliphatic rings. The molecular weight excluding hydrogens is 380 g/mol. The molecule has 0 radical (unpaired) electrons. The van der Waals surface area contributed by atoms with E-state index in [2.05, 4.69) is 97.5 Å². The van der Waals surface area contributed by atoms with Crippen LogP contribution in [0, 0.1) is 12.8 Å². The van der Waals surface area contributed by atoms with Gasteiger partial charge in [-0.3, -0.25) is 0 Å². The first-order valence-electron chi connectivity index (χ1n) is 11.0. The molecule has 0 aliphatic heterocycles. The molecule has 0 spiro atoms. The number of rotatable bonds is 5. The van der Waals surface area contributed by atoms with Gasteiger partial charge in [0.2, 0.25) is 0 Å². The summed E-state index contributed by atoms with van der Waals surface area (Å²) in [6.45, 7) is 7.03. The van der Waals surface area contributed by atoms with Gasteiger partial charge in [-0.25, -0.2) is 4.98 Å². The quantitative estimate of drug-likeness (QED) is 0.533. The van der Waals surface area contributed by atoms with Crippen molar-refractivity contribution in [3.8, 4) is 12.8 Å². The lowest BCUT2D eigenvalue weighted by molar-refractivity contribution is 0.667. The molecule has 0 bridgehead atoms. The Hall–Kier alpha value is -3.03. The van der Waals surface area contributed by atoms with Gasteiger partial charge in [-0.1, -0.05) is 82.0 Å². The maximum absolute atomic E-state index is 4.70. The molecule has 0 atom stereocenters. The number of aryl methyl sites for hydroxylation is 1. The summed E-state index contributed by atoms with van der Waals surface area (Å²) in [5, 5.41) is 3.34. The Morgan fingerprint density at radius 1 is 1.03 bits per heavy atom. The maximum Gasteiger partial charge on any atom is 0.123 e. The summed E-state index contributed by atoms with van der Waals surface area (Å²) in [6.07, 6.45) is 17.7. The minimum Gasteiger partial charge on any atom is -0.405 e. The zero-order valence-corrected chi connectivity index (χ0v) is 19.2. The molecule has 3 N–H and O–H groups in total. The van der Waals surface area contributed by atoms with Gasteiger partial charge in [0.15, 0.2) is 0 Å². The van der Waals surface area contributed by atoms with Crippen molar-refractivity contribution in [1.29, 1.82) is 0 Å². The van der Waals surface area contributed by atoms with Crippen LogP contribution in [0.1, 0.15) is 56.0 Å². The number of benzene rings is 2. The van der Waals surface area contributed by atoms with Crippen molar-refractivity contribution in [2.24, 2.45) is 12.8 Å². The molecule has 2 aromatic carbocycles. The minimum absolute atomic E-state index is 0.815.